The van der Waals surface area contributed by atoms with Crippen molar-refractivity contribution in [2.24, 2.45) is 0 Å². The summed E-state index contributed by atoms with van der Waals surface area (Å²) in [4.78, 5) is 19.3. The Labute approximate surface area is 157 Å². The quantitative estimate of drug-likeness (QED) is 0.702. The Morgan fingerprint density at radius 3 is 2.62 bits per heavy atom. The second-order valence-electron chi connectivity index (χ2n) is 6.45. The Morgan fingerprint density at radius 2 is 1.85 bits per heavy atom. The summed E-state index contributed by atoms with van der Waals surface area (Å²) in [6, 6.07) is 17.2. The minimum Gasteiger partial charge on any atom is -0.360 e. The predicted molar refractivity (Wildman–Crippen MR) is 105 cm³/mol. The van der Waals surface area contributed by atoms with Crippen LogP contribution in [0.25, 0.3) is 0 Å². The van der Waals surface area contributed by atoms with Gasteiger partial charge in [-0.2, -0.15) is 0 Å². The number of amides is 1. The van der Waals surface area contributed by atoms with Gasteiger partial charge in [-0.3, -0.25) is 14.7 Å². The van der Waals surface area contributed by atoms with E-state index in [0.717, 1.165) is 28.2 Å². The van der Waals surface area contributed by atoms with Crippen LogP contribution in [-0.4, -0.2) is 10.9 Å². The Hall–Kier alpha value is -2.85. The molecule has 5 heteroatoms. The Morgan fingerprint density at radius 1 is 1.08 bits per heavy atom. The number of fused-ring (bicyclic) bond motifs is 1. The Bertz CT molecular complexity index is 985. The minimum atomic E-state index is -0.390. The van der Waals surface area contributed by atoms with Gasteiger partial charge >= 0.3 is 0 Å². The van der Waals surface area contributed by atoms with Crippen molar-refractivity contribution in [1.29, 1.82) is 0 Å². The highest BCUT2D eigenvalue weighted by atomic mass is 35.5. The fourth-order valence-corrected chi connectivity index (χ4v) is 3.36. The molecule has 2 heterocycles. The summed E-state index contributed by atoms with van der Waals surface area (Å²) in [6.45, 7) is 4.03. The standard InChI is InChI=1S/C21H18ClN3O/c1-13-5-9-16(10-6-13)25-20(19-17(21(25)26)4-3-11-23-19)24-18-12-15(22)8-7-14(18)2/h3-12,20,24H,1-2H3. The molecule has 1 N–H and O–H groups in total. The number of rotatable bonds is 3. The zero-order valence-electron chi connectivity index (χ0n) is 14.5. The molecule has 0 spiro atoms. The summed E-state index contributed by atoms with van der Waals surface area (Å²) in [6.07, 6.45) is 1.32. The van der Waals surface area contributed by atoms with E-state index in [1.165, 1.54) is 0 Å². The summed E-state index contributed by atoms with van der Waals surface area (Å²) >= 11 is 6.17. The van der Waals surface area contributed by atoms with Crippen LogP contribution in [0.5, 0.6) is 0 Å². The number of aryl methyl sites for hydroxylation is 2. The first-order valence-corrected chi connectivity index (χ1v) is 8.80. The number of hydrogen-bond donors (Lipinski definition) is 1. The zero-order chi connectivity index (χ0) is 18.3. The van der Waals surface area contributed by atoms with Gasteiger partial charge < -0.3 is 5.32 Å². The van der Waals surface area contributed by atoms with Gasteiger partial charge in [0.25, 0.3) is 5.91 Å². The summed E-state index contributed by atoms with van der Waals surface area (Å²) in [5.74, 6) is -0.0610. The normalized spacial score (nSPS) is 15.9. The lowest BCUT2D eigenvalue weighted by atomic mass is 10.1. The molecule has 3 aromatic rings. The van der Waals surface area contributed by atoms with Gasteiger partial charge in [0.1, 0.15) is 0 Å². The van der Waals surface area contributed by atoms with Crippen LogP contribution in [0.15, 0.2) is 60.8 Å². The van der Waals surface area contributed by atoms with Crippen LogP contribution in [0.3, 0.4) is 0 Å². The van der Waals surface area contributed by atoms with E-state index >= 15 is 0 Å². The van der Waals surface area contributed by atoms with Crippen molar-refractivity contribution in [3.05, 3.63) is 88.2 Å². The van der Waals surface area contributed by atoms with Crippen molar-refractivity contribution in [1.82, 2.24) is 4.98 Å². The van der Waals surface area contributed by atoms with E-state index in [2.05, 4.69) is 10.3 Å². The molecular weight excluding hydrogens is 346 g/mol. The van der Waals surface area contributed by atoms with Gasteiger partial charge in [0, 0.05) is 22.6 Å². The van der Waals surface area contributed by atoms with Gasteiger partial charge in [0.2, 0.25) is 0 Å². The smallest absolute Gasteiger partial charge is 0.262 e. The highest BCUT2D eigenvalue weighted by Gasteiger charge is 2.39. The summed E-state index contributed by atoms with van der Waals surface area (Å²) in [5.41, 5.74) is 5.24. The first-order chi connectivity index (χ1) is 12.5. The zero-order valence-corrected chi connectivity index (χ0v) is 15.3. The number of aromatic nitrogens is 1. The summed E-state index contributed by atoms with van der Waals surface area (Å²) in [5, 5.41) is 4.10. The maximum absolute atomic E-state index is 13.1. The molecule has 2 aromatic carbocycles. The molecule has 0 radical (unpaired) electrons. The Kier molecular flexibility index (Phi) is 4.13. The molecule has 0 fully saturated rings. The lowest BCUT2D eigenvalue weighted by Gasteiger charge is -2.27. The highest BCUT2D eigenvalue weighted by Crippen LogP contribution is 2.37. The molecule has 1 unspecified atom stereocenters. The molecule has 0 saturated carbocycles. The average molecular weight is 364 g/mol. The number of anilines is 2. The van der Waals surface area contributed by atoms with Crippen molar-refractivity contribution < 1.29 is 4.79 Å². The summed E-state index contributed by atoms with van der Waals surface area (Å²) < 4.78 is 0. The molecule has 0 saturated heterocycles. The summed E-state index contributed by atoms with van der Waals surface area (Å²) in [7, 11) is 0. The monoisotopic (exact) mass is 363 g/mol. The van der Waals surface area contributed by atoms with Crippen molar-refractivity contribution in [2.45, 2.75) is 20.0 Å². The van der Waals surface area contributed by atoms with Crippen LogP contribution >= 0.6 is 11.6 Å². The first kappa shape index (κ1) is 16.6. The molecule has 26 heavy (non-hydrogen) atoms. The second kappa shape index (κ2) is 6.46. The lowest BCUT2D eigenvalue weighted by Crippen LogP contribution is -2.32. The van der Waals surface area contributed by atoms with Crippen molar-refractivity contribution in [3.8, 4) is 0 Å². The van der Waals surface area contributed by atoms with Gasteiger partial charge in [0.05, 0.1) is 11.3 Å². The van der Waals surface area contributed by atoms with Crippen LogP contribution in [-0.2, 0) is 0 Å². The number of nitrogens with zero attached hydrogens (tertiary/aromatic N) is 2. The number of carbonyl (C=O) groups excluding carboxylic acids is 1. The molecule has 1 aromatic heterocycles. The average Bonchev–Trinajstić information content (AvgIpc) is 2.92. The van der Waals surface area contributed by atoms with Gasteiger partial charge in [-0.1, -0.05) is 35.4 Å². The van der Waals surface area contributed by atoms with Crippen molar-refractivity contribution >= 4 is 28.9 Å². The van der Waals surface area contributed by atoms with E-state index in [9.17, 15) is 4.79 Å². The van der Waals surface area contributed by atoms with E-state index in [1.807, 2.05) is 62.4 Å². The minimum absolute atomic E-state index is 0.0610. The maximum Gasteiger partial charge on any atom is 0.262 e. The molecule has 4 rings (SSSR count). The SMILES string of the molecule is Cc1ccc(N2C(=O)c3cccnc3C2Nc2cc(Cl)ccc2C)cc1. The van der Waals surface area contributed by atoms with Crippen LogP contribution in [0, 0.1) is 13.8 Å². The van der Waals surface area contributed by atoms with Gasteiger partial charge in [-0.05, 0) is 55.8 Å². The fourth-order valence-electron chi connectivity index (χ4n) is 3.19. The third-order valence-corrected chi connectivity index (χ3v) is 4.84. The van der Waals surface area contributed by atoms with Crippen LogP contribution in [0.4, 0.5) is 11.4 Å². The molecule has 1 amide bonds. The molecule has 0 bridgehead atoms. The number of carbonyl (C=O) groups is 1. The van der Waals surface area contributed by atoms with Crippen molar-refractivity contribution in [3.63, 3.8) is 0 Å². The predicted octanol–water partition coefficient (Wildman–Crippen LogP) is 5.12. The lowest BCUT2D eigenvalue weighted by molar-refractivity contribution is 0.0993. The number of nitrogens with one attached hydrogen (secondary N) is 1. The molecule has 1 atom stereocenters. The molecular formula is C21H18ClN3O. The molecule has 130 valence electrons. The number of hydrogen-bond acceptors (Lipinski definition) is 3. The largest absolute Gasteiger partial charge is 0.360 e. The second-order valence-corrected chi connectivity index (χ2v) is 6.89. The number of benzene rings is 2. The van der Waals surface area contributed by atoms with E-state index in [4.69, 9.17) is 11.6 Å². The van der Waals surface area contributed by atoms with E-state index in [0.29, 0.717) is 10.6 Å². The van der Waals surface area contributed by atoms with E-state index in [-0.39, 0.29) is 5.91 Å². The highest BCUT2D eigenvalue weighted by molar-refractivity contribution is 6.30. The van der Waals surface area contributed by atoms with Crippen LogP contribution in [0.2, 0.25) is 5.02 Å². The molecule has 0 aliphatic carbocycles. The third-order valence-electron chi connectivity index (χ3n) is 4.61. The van der Waals surface area contributed by atoms with Gasteiger partial charge in [0.15, 0.2) is 6.17 Å². The number of pyridine rings is 1. The van der Waals surface area contributed by atoms with E-state index in [1.54, 1.807) is 17.2 Å². The molecule has 1 aliphatic heterocycles. The fraction of sp³-hybridized carbons (Fsp3) is 0.143. The number of halogens is 1. The maximum atomic E-state index is 13.1. The molecule has 1 aliphatic rings. The van der Waals surface area contributed by atoms with Gasteiger partial charge in [-0.25, -0.2) is 0 Å². The first-order valence-electron chi connectivity index (χ1n) is 8.42. The van der Waals surface area contributed by atoms with Crippen LogP contribution < -0.4 is 10.2 Å². The Balaban J connectivity index is 1.80. The van der Waals surface area contributed by atoms with E-state index < -0.39 is 6.17 Å². The van der Waals surface area contributed by atoms with Crippen LogP contribution in [0.1, 0.15) is 33.3 Å². The van der Waals surface area contributed by atoms with Gasteiger partial charge in [-0.15, -0.1) is 0 Å². The van der Waals surface area contributed by atoms with Crippen molar-refractivity contribution in [2.75, 3.05) is 10.2 Å². The third kappa shape index (κ3) is 2.82. The molecule has 4 nitrogen and oxygen atoms in total. The topological polar surface area (TPSA) is 45.2 Å².